The van der Waals surface area contributed by atoms with Crippen LogP contribution in [-0.4, -0.2) is 29.1 Å². The molecule has 1 heterocycles. The first-order valence-corrected chi connectivity index (χ1v) is 10.2. The summed E-state index contributed by atoms with van der Waals surface area (Å²) in [7, 11) is -7.00. The largest absolute Gasteiger partial charge is 0.280 e. The van der Waals surface area contributed by atoms with Gasteiger partial charge in [0.25, 0.3) is 10.0 Å². The Balaban J connectivity index is 1.89. The van der Waals surface area contributed by atoms with Crippen LogP contribution in [0.5, 0.6) is 0 Å². The van der Waals surface area contributed by atoms with Crippen LogP contribution in [0.25, 0.3) is 0 Å². The monoisotopic (exact) mass is 352 g/mol. The van der Waals surface area contributed by atoms with Crippen LogP contribution in [0, 0.1) is 0 Å². The highest BCUT2D eigenvalue weighted by Crippen LogP contribution is 2.27. The van der Waals surface area contributed by atoms with E-state index in [-0.39, 0.29) is 10.6 Å². The van der Waals surface area contributed by atoms with Crippen molar-refractivity contribution in [3.63, 3.8) is 0 Å². The van der Waals surface area contributed by atoms with Crippen LogP contribution < -0.4 is 9.03 Å². The number of nitrogens with zero attached hydrogens (tertiary/aromatic N) is 1. The van der Waals surface area contributed by atoms with Crippen molar-refractivity contribution in [2.24, 2.45) is 0 Å². The van der Waals surface area contributed by atoms with Gasteiger partial charge in [-0.15, -0.1) is 0 Å². The lowest BCUT2D eigenvalue weighted by Crippen LogP contribution is -2.25. The Morgan fingerprint density at radius 1 is 1.00 bits per heavy atom. The molecule has 0 unspecified atom stereocenters. The molecule has 0 saturated carbocycles. The lowest BCUT2D eigenvalue weighted by Gasteiger charge is -2.18. The van der Waals surface area contributed by atoms with Crippen LogP contribution in [0.1, 0.15) is 6.42 Å². The van der Waals surface area contributed by atoms with E-state index < -0.39 is 20.0 Å². The summed E-state index contributed by atoms with van der Waals surface area (Å²) in [6, 6.07) is 14.4. The molecule has 8 heteroatoms. The fourth-order valence-electron chi connectivity index (χ4n) is 2.47. The summed E-state index contributed by atoms with van der Waals surface area (Å²) in [5.74, 6) is 0.118. The van der Waals surface area contributed by atoms with E-state index in [0.717, 1.165) is 0 Å². The third kappa shape index (κ3) is 3.32. The predicted molar refractivity (Wildman–Crippen MR) is 89.4 cm³/mol. The van der Waals surface area contributed by atoms with Gasteiger partial charge >= 0.3 is 0 Å². The van der Waals surface area contributed by atoms with E-state index in [2.05, 4.69) is 4.72 Å². The van der Waals surface area contributed by atoms with Crippen molar-refractivity contribution in [3.8, 4) is 0 Å². The Bertz CT molecular complexity index is 910. The van der Waals surface area contributed by atoms with E-state index in [1.807, 2.05) is 0 Å². The van der Waals surface area contributed by atoms with E-state index in [9.17, 15) is 16.8 Å². The second-order valence-corrected chi connectivity index (χ2v) is 8.91. The molecule has 0 amide bonds. The minimum atomic E-state index is -3.70. The zero-order valence-corrected chi connectivity index (χ0v) is 13.8. The van der Waals surface area contributed by atoms with Crippen molar-refractivity contribution in [3.05, 3.63) is 54.6 Å². The Labute approximate surface area is 135 Å². The standard InChI is InChI=1S/C15H16N2O4S2/c18-22(19)11-5-10-17(22)14-7-4-6-13(12-14)16-23(20,21)15-8-2-1-3-9-15/h1-4,6-9,12,16H,5,10-11H2. The molecule has 23 heavy (non-hydrogen) atoms. The van der Waals surface area contributed by atoms with Crippen LogP contribution in [0.2, 0.25) is 0 Å². The number of benzene rings is 2. The lowest BCUT2D eigenvalue weighted by atomic mass is 10.3. The van der Waals surface area contributed by atoms with Gasteiger partial charge in [-0.3, -0.25) is 9.03 Å². The molecule has 0 aliphatic carbocycles. The molecule has 1 aliphatic heterocycles. The molecule has 3 rings (SSSR count). The summed E-state index contributed by atoms with van der Waals surface area (Å²) in [5.41, 5.74) is 0.796. The molecule has 6 nitrogen and oxygen atoms in total. The summed E-state index contributed by atoms with van der Waals surface area (Å²) in [6.07, 6.45) is 0.572. The molecule has 122 valence electrons. The molecule has 0 aromatic heterocycles. The van der Waals surface area contributed by atoms with Gasteiger partial charge in [0.1, 0.15) is 0 Å². The Hall–Kier alpha value is -2.06. The first kappa shape index (κ1) is 15.8. The van der Waals surface area contributed by atoms with Crippen molar-refractivity contribution in [2.75, 3.05) is 21.3 Å². The van der Waals surface area contributed by atoms with Crippen molar-refractivity contribution in [2.45, 2.75) is 11.3 Å². The van der Waals surface area contributed by atoms with Crippen LogP contribution in [0.3, 0.4) is 0 Å². The van der Waals surface area contributed by atoms with Gasteiger partial charge in [-0.1, -0.05) is 24.3 Å². The van der Waals surface area contributed by atoms with E-state index in [4.69, 9.17) is 0 Å². The maximum atomic E-state index is 12.3. The average molecular weight is 352 g/mol. The SMILES string of the molecule is O=S(=O)(Nc1cccc(N2CCCS2(=O)=O)c1)c1ccccc1. The number of rotatable bonds is 4. The highest BCUT2D eigenvalue weighted by atomic mass is 32.2. The Kier molecular flexibility index (Phi) is 4.03. The van der Waals surface area contributed by atoms with Crippen molar-refractivity contribution < 1.29 is 16.8 Å². The van der Waals surface area contributed by atoms with E-state index in [0.29, 0.717) is 24.3 Å². The second-order valence-electron chi connectivity index (χ2n) is 5.21. The molecule has 0 bridgehead atoms. The van der Waals surface area contributed by atoms with Crippen molar-refractivity contribution >= 4 is 31.4 Å². The van der Waals surface area contributed by atoms with Crippen LogP contribution >= 0.6 is 0 Å². The average Bonchev–Trinajstić information content (AvgIpc) is 2.87. The van der Waals surface area contributed by atoms with Gasteiger partial charge < -0.3 is 0 Å². The molecule has 2 aromatic rings. The van der Waals surface area contributed by atoms with Crippen LogP contribution in [0.4, 0.5) is 11.4 Å². The normalized spacial score (nSPS) is 17.1. The molecule has 0 radical (unpaired) electrons. The maximum Gasteiger partial charge on any atom is 0.261 e. The van der Waals surface area contributed by atoms with Gasteiger partial charge in [0.05, 0.1) is 22.0 Å². The number of nitrogens with one attached hydrogen (secondary N) is 1. The van der Waals surface area contributed by atoms with Crippen molar-refractivity contribution in [1.29, 1.82) is 0 Å². The third-order valence-electron chi connectivity index (χ3n) is 3.54. The van der Waals surface area contributed by atoms with E-state index in [1.165, 1.54) is 22.5 Å². The van der Waals surface area contributed by atoms with E-state index >= 15 is 0 Å². The highest BCUT2D eigenvalue weighted by molar-refractivity contribution is 7.93. The number of sulfonamides is 2. The third-order valence-corrected chi connectivity index (χ3v) is 6.81. The summed E-state index contributed by atoms with van der Waals surface area (Å²) >= 11 is 0. The molecule has 1 saturated heterocycles. The summed E-state index contributed by atoms with van der Waals surface area (Å²) in [4.78, 5) is 0.152. The Morgan fingerprint density at radius 2 is 1.74 bits per heavy atom. The van der Waals surface area contributed by atoms with Gasteiger partial charge in [0.2, 0.25) is 10.0 Å². The van der Waals surface area contributed by atoms with Crippen LogP contribution in [0.15, 0.2) is 59.5 Å². The molecule has 2 aromatic carbocycles. The molecule has 0 spiro atoms. The molecule has 1 aliphatic rings. The number of anilines is 2. The van der Waals surface area contributed by atoms with Gasteiger partial charge in [-0.2, -0.15) is 0 Å². The first-order chi connectivity index (χ1) is 10.9. The summed E-state index contributed by atoms with van der Waals surface area (Å²) < 4.78 is 52.4. The molecule has 0 atom stereocenters. The fraction of sp³-hybridized carbons (Fsp3) is 0.200. The predicted octanol–water partition coefficient (Wildman–Crippen LogP) is 2.03. The van der Waals surface area contributed by atoms with Gasteiger partial charge in [-0.05, 0) is 36.8 Å². The van der Waals surface area contributed by atoms with Crippen molar-refractivity contribution in [1.82, 2.24) is 0 Å². The zero-order chi connectivity index (χ0) is 16.5. The van der Waals surface area contributed by atoms with Gasteiger partial charge in [-0.25, -0.2) is 16.8 Å². The molecule has 1 N–H and O–H groups in total. The van der Waals surface area contributed by atoms with E-state index in [1.54, 1.807) is 36.4 Å². The molecule has 1 fully saturated rings. The quantitative estimate of drug-likeness (QED) is 0.912. The van der Waals surface area contributed by atoms with Crippen LogP contribution in [-0.2, 0) is 20.0 Å². The minimum absolute atomic E-state index is 0.118. The molecular weight excluding hydrogens is 336 g/mol. The number of hydrogen-bond donors (Lipinski definition) is 1. The van der Waals surface area contributed by atoms with Gasteiger partial charge in [0, 0.05) is 6.54 Å². The number of hydrogen-bond acceptors (Lipinski definition) is 4. The minimum Gasteiger partial charge on any atom is -0.280 e. The van der Waals surface area contributed by atoms with Gasteiger partial charge in [0.15, 0.2) is 0 Å². The topological polar surface area (TPSA) is 83.6 Å². The second kappa shape index (κ2) is 5.86. The molecular formula is C15H16N2O4S2. The Morgan fingerprint density at radius 3 is 2.39 bits per heavy atom. The maximum absolute atomic E-state index is 12.3. The smallest absolute Gasteiger partial charge is 0.261 e. The first-order valence-electron chi connectivity index (χ1n) is 7.07. The summed E-state index contributed by atoms with van der Waals surface area (Å²) in [5, 5.41) is 0. The zero-order valence-electron chi connectivity index (χ0n) is 12.2. The summed E-state index contributed by atoms with van der Waals surface area (Å²) in [6.45, 7) is 0.414. The fourth-order valence-corrected chi connectivity index (χ4v) is 5.09. The lowest BCUT2D eigenvalue weighted by molar-refractivity contribution is 0.598. The highest BCUT2D eigenvalue weighted by Gasteiger charge is 2.28.